The van der Waals surface area contributed by atoms with Crippen LogP contribution in [0.25, 0.3) is 0 Å². The molecule has 1 saturated heterocycles. The molecule has 1 N–H and O–H groups in total. The summed E-state index contributed by atoms with van der Waals surface area (Å²) < 4.78 is 0. The molecule has 1 aliphatic heterocycles. The lowest BCUT2D eigenvalue weighted by Crippen LogP contribution is -2.32. The lowest BCUT2D eigenvalue weighted by molar-refractivity contribution is 0.0826. The summed E-state index contributed by atoms with van der Waals surface area (Å²) in [6.07, 6.45) is 0. The summed E-state index contributed by atoms with van der Waals surface area (Å²) in [5.41, 5.74) is 1.23. The van der Waals surface area contributed by atoms with E-state index in [9.17, 15) is 14.4 Å². The van der Waals surface area contributed by atoms with Gasteiger partial charge in [0.25, 0.3) is 17.1 Å². The van der Waals surface area contributed by atoms with Gasteiger partial charge in [0.1, 0.15) is 0 Å². The zero-order chi connectivity index (χ0) is 17.8. The second-order valence-corrected chi connectivity index (χ2v) is 6.31. The van der Waals surface area contributed by atoms with Crippen LogP contribution in [0, 0.1) is 11.3 Å². The van der Waals surface area contributed by atoms with E-state index in [-0.39, 0.29) is 16.4 Å². The molecule has 0 radical (unpaired) electrons. The van der Waals surface area contributed by atoms with Crippen LogP contribution in [-0.2, 0) is 0 Å². The molecule has 0 bridgehead atoms. The number of nitriles is 1. The van der Waals surface area contributed by atoms with Crippen LogP contribution in [-0.4, -0.2) is 34.3 Å². The van der Waals surface area contributed by atoms with E-state index in [0.29, 0.717) is 23.5 Å². The van der Waals surface area contributed by atoms with Crippen LogP contribution in [0.5, 0.6) is 0 Å². The molecule has 1 aliphatic rings. The first-order valence-electron chi connectivity index (χ1n) is 7.49. The Morgan fingerprint density at radius 3 is 2.56 bits per heavy atom. The molecule has 0 unspecified atom stereocenters. The van der Waals surface area contributed by atoms with Gasteiger partial charge in [-0.15, -0.1) is 0 Å². The van der Waals surface area contributed by atoms with E-state index in [1.165, 1.54) is 12.1 Å². The predicted octanol–water partition coefficient (Wildman–Crippen LogP) is 3.12. The molecular weight excluding hydrogens is 338 g/mol. The fraction of sp³-hybridized carbons (Fsp3) is 0.111. The summed E-state index contributed by atoms with van der Waals surface area (Å²) in [5, 5.41) is 11.3. The summed E-state index contributed by atoms with van der Waals surface area (Å²) in [4.78, 5) is 38.1. The van der Waals surface area contributed by atoms with Gasteiger partial charge in [-0.1, -0.05) is 30.0 Å². The van der Waals surface area contributed by atoms with Crippen molar-refractivity contribution in [1.29, 1.82) is 5.26 Å². The molecule has 7 heteroatoms. The second kappa shape index (κ2) is 7.20. The maximum Gasteiger partial charge on any atom is 0.288 e. The van der Waals surface area contributed by atoms with Crippen molar-refractivity contribution in [2.45, 2.75) is 0 Å². The van der Waals surface area contributed by atoms with Gasteiger partial charge in [-0.2, -0.15) is 5.26 Å². The molecule has 2 aromatic rings. The highest BCUT2D eigenvalue weighted by Gasteiger charge is 2.30. The number of benzene rings is 2. The van der Waals surface area contributed by atoms with Gasteiger partial charge >= 0.3 is 0 Å². The largest absolute Gasteiger partial charge is 0.322 e. The van der Waals surface area contributed by atoms with Crippen LogP contribution >= 0.6 is 11.8 Å². The molecule has 1 heterocycles. The predicted molar refractivity (Wildman–Crippen MR) is 94.4 cm³/mol. The van der Waals surface area contributed by atoms with Gasteiger partial charge in [-0.25, -0.2) is 0 Å². The molecular formula is C18H13N3O3S. The minimum atomic E-state index is -0.480. The first-order valence-corrected chi connectivity index (χ1v) is 8.48. The third kappa shape index (κ3) is 3.54. The molecule has 0 saturated carbocycles. The number of hydrogen-bond donors (Lipinski definition) is 1. The average molecular weight is 351 g/mol. The van der Waals surface area contributed by atoms with E-state index in [1.807, 2.05) is 6.07 Å². The van der Waals surface area contributed by atoms with Crippen molar-refractivity contribution in [1.82, 2.24) is 4.90 Å². The van der Waals surface area contributed by atoms with Crippen LogP contribution in [0.3, 0.4) is 0 Å². The van der Waals surface area contributed by atoms with E-state index in [2.05, 4.69) is 5.32 Å². The van der Waals surface area contributed by atoms with Crippen molar-refractivity contribution in [3.8, 4) is 6.07 Å². The van der Waals surface area contributed by atoms with Crippen molar-refractivity contribution in [3.05, 3.63) is 65.2 Å². The Bertz CT molecular complexity index is 904. The van der Waals surface area contributed by atoms with Gasteiger partial charge in [0.05, 0.1) is 22.8 Å². The van der Waals surface area contributed by atoms with Crippen LogP contribution in [0.2, 0.25) is 0 Å². The monoisotopic (exact) mass is 351 g/mol. The fourth-order valence-corrected chi connectivity index (χ4v) is 3.23. The Morgan fingerprint density at radius 1 is 1.12 bits per heavy atom. The van der Waals surface area contributed by atoms with Gasteiger partial charge < -0.3 is 5.32 Å². The smallest absolute Gasteiger partial charge is 0.288 e. The Balaban J connectivity index is 1.87. The highest BCUT2D eigenvalue weighted by molar-refractivity contribution is 8.13. The minimum Gasteiger partial charge on any atom is -0.322 e. The van der Waals surface area contributed by atoms with E-state index in [0.717, 1.165) is 16.7 Å². The molecule has 25 heavy (non-hydrogen) atoms. The summed E-state index contributed by atoms with van der Waals surface area (Å²) in [5.74, 6) is -0.398. The molecule has 124 valence electrons. The standard InChI is InChI=1S/C18H13N3O3S/c19-11-12-4-3-5-13(10-12)20-16(22)14-6-1-2-7-15(14)17(23)21-8-9-25-18(21)24/h1-7,10H,8-9H2,(H,20,22). The van der Waals surface area contributed by atoms with Gasteiger partial charge in [-0.05, 0) is 30.3 Å². The Morgan fingerprint density at radius 2 is 1.88 bits per heavy atom. The molecule has 6 nitrogen and oxygen atoms in total. The van der Waals surface area contributed by atoms with Crippen LogP contribution in [0.4, 0.5) is 10.5 Å². The number of hydrogen-bond acceptors (Lipinski definition) is 5. The Kier molecular flexibility index (Phi) is 4.82. The number of carbonyl (C=O) groups excluding carboxylic acids is 3. The second-order valence-electron chi connectivity index (χ2n) is 5.26. The van der Waals surface area contributed by atoms with Gasteiger partial charge in [-0.3, -0.25) is 19.3 Å². The molecule has 3 rings (SSSR count). The maximum absolute atomic E-state index is 12.6. The molecule has 0 aromatic heterocycles. The van der Waals surface area contributed by atoms with E-state index < -0.39 is 11.8 Å². The van der Waals surface area contributed by atoms with Crippen LogP contribution < -0.4 is 5.32 Å². The summed E-state index contributed by atoms with van der Waals surface area (Å²) in [6, 6.07) is 14.8. The topological polar surface area (TPSA) is 90.3 Å². The Labute approximate surface area is 148 Å². The highest BCUT2D eigenvalue weighted by Crippen LogP contribution is 2.22. The van der Waals surface area contributed by atoms with Gasteiger partial charge in [0.2, 0.25) is 0 Å². The normalized spacial score (nSPS) is 13.4. The maximum atomic E-state index is 12.6. The highest BCUT2D eigenvalue weighted by atomic mass is 32.2. The summed E-state index contributed by atoms with van der Waals surface area (Å²) in [7, 11) is 0. The first kappa shape index (κ1) is 16.7. The molecule has 0 spiro atoms. The lowest BCUT2D eigenvalue weighted by Gasteiger charge is -2.15. The number of imide groups is 1. The third-order valence-corrected chi connectivity index (χ3v) is 4.51. The van der Waals surface area contributed by atoms with Crippen LogP contribution in [0.1, 0.15) is 26.3 Å². The summed E-state index contributed by atoms with van der Waals surface area (Å²) in [6.45, 7) is 0.336. The Hall–Kier alpha value is -3.11. The molecule has 3 amide bonds. The lowest BCUT2D eigenvalue weighted by atomic mass is 10.1. The van der Waals surface area contributed by atoms with Crippen molar-refractivity contribution in [3.63, 3.8) is 0 Å². The molecule has 0 aliphatic carbocycles. The first-order chi connectivity index (χ1) is 12.1. The molecule has 2 aromatic carbocycles. The zero-order valence-corrected chi connectivity index (χ0v) is 13.9. The number of nitrogens with one attached hydrogen (secondary N) is 1. The number of anilines is 1. The van der Waals surface area contributed by atoms with E-state index in [4.69, 9.17) is 5.26 Å². The van der Waals surface area contributed by atoms with E-state index >= 15 is 0 Å². The van der Waals surface area contributed by atoms with E-state index in [1.54, 1.807) is 36.4 Å². The van der Waals surface area contributed by atoms with Gasteiger partial charge in [0.15, 0.2) is 0 Å². The van der Waals surface area contributed by atoms with Crippen molar-refractivity contribution in [2.24, 2.45) is 0 Å². The fourth-order valence-electron chi connectivity index (χ4n) is 2.46. The minimum absolute atomic E-state index is 0.173. The van der Waals surface area contributed by atoms with Crippen molar-refractivity contribution in [2.75, 3.05) is 17.6 Å². The number of rotatable bonds is 3. The van der Waals surface area contributed by atoms with Crippen molar-refractivity contribution >= 4 is 34.5 Å². The number of carbonyl (C=O) groups is 3. The van der Waals surface area contributed by atoms with Crippen LogP contribution in [0.15, 0.2) is 48.5 Å². The molecule has 0 atom stereocenters. The third-order valence-electron chi connectivity index (χ3n) is 3.66. The summed E-state index contributed by atoms with van der Waals surface area (Å²) >= 11 is 1.08. The SMILES string of the molecule is N#Cc1cccc(NC(=O)c2ccccc2C(=O)N2CCSC2=O)c1. The quantitative estimate of drug-likeness (QED) is 0.917. The van der Waals surface area contributed by atoms with Crippen molar-refractivity contribution < 1.29 is 14.4 Å². The molecule has 1 fully saturated rings. The zero-order valence-electron chi connectivity index (χ0n) is 13.1. The number of amides is 3. The number of thioether (sulfide) groups is 1. The average Bonchev–Trinajstić information content (AvgIpc) is 3.07. The van der Waals surface area contributed by atoms with Gasteiger partial charge in [0, 0.05) is 18.0 Å². The number of nitrogens with zero attached hydrogens (tertiary/aromatic N) is 2.